The van der Waals surface area contributed by atoms with Gasteiger partial charge in [0, 0.05) is 0 Å². The topological polar surface area (TPSA) is 45.4 Å². The number of halogens is 1. The van der Waals surface area contributed by atoms with E-state index < -0.39 is 0 Å². The van der Waals surface area contributed by atoms with Gasteiger partial charge in [-0.2, -0.15) is 0 Å². The van der Waals surface area contributed by atoms with Crippen LogP contribution in [0.5, 0.6) is 0 Å². The van der Waals surface area contributed by atoms with Crippen molar-refractivity contribution in [2.75, 3.05) is 6.54 Å². The number of aliphatic hydroxyl groups excluding tert-OH is 1. The third-order valence-corrected chi connectivity index (χ3v) is 2.66. The van der Waals surface area contributed by atoms with Crippen LogP contribution in [-0.4, -0.2) is 17.8 Å². The standard InChI is InChI=1S/C10H16BrNO2/c1-8(13)3-2-5-12-7-10-9(11)4-6-14-10/h4,6,8,12-13H,2-3,5,7H2,1H3. The summed E-state index contributed by atoms with van der Waals surface area (Å²) >= 11 is 3.38. The molecular weight excluding hydrogens is 246 g/mol. The molecule has 14 heavy (non-hydrogen) atoms. The van der Waals surface area contributed by atoms with Crippen molar-refractivity contribution < 1.29 is 9.52 Å². The Balaban J connectivity index is 2.08. The van der Waals surface area contributed by atoms with Crippen LogP contribution in [0, 0.1) is 0 Å². The van der Waals surface area contributed by atoms with Crippen molar-refractivity contribution in [1.29, 1.82) is 0 Å². The van der Waals surface area contributed by atoms with E-state index in [9.17, 15) is 0 Å². The van der Waals surface area contributed by atoms with E-state index in [1.165, 1.54) is 0 Å². The summed E-state index contributed by atoms with van der Waals surface area (Å²) in [6.45, 7) is 3.44. The van der Waals surface area contributed by atoms with Gasteiger partial charge in [-0.3, -0.25) is 0 Å². The van der Waals surface area contributed by atoms with Gasteiger partial charge in [0.2, 0.25) is 0 Å². The smallest absolute Gasteiger partial charge is 0.131 e. The molecule has 0 aromatic carbocycles. The molecular formula is C10H16BrNO2. The maximum atomic E-state index is 9.03. The van der Waals surface area contributed by atoms with Crippen molar-refractivity contribution in [3.05, 3.63) is 22.6 Å². The van der Waals surface area contributed by atoms with E-state index in [-0.39, 0.29) is 6.10 Å². The van der Waals surface area contributed by atoms with Crippen LogP contribution < -0.4 is 5.32 Å². The molecule has 0 aliphatic carbocycles. The largest absolute Gasteiger partial charge is 0.467 e. The molecule has 1 heterocycles. The predicted molar refractivity (Wildman–Crippen MR) is 59.0 cm³/mol. The molecule has 1 aromatic heterocycles. The Bertz CT molecular complexity index is 260. The van der Waals surface area contributed by atoms with E-state index in [0.29, 0.717) is 0 Å². The SMILES string of the molecule is CC(O)CCCNCc1occc1Br. The minimum absolute atomic E-state index is 0.202. The number of furan rings is 1. The molecule has 1 aromatic rings. The molecule has 2 N–H and O–H groups in total. The van der Waals surface area contributed by atoms with Crippen LogP contribution in [-0.2, 0) is 6.54 Å². The van der Waals surface area contributed by atoms with Gasteiger partial charge in [0.25, 0.3) is 0 Å². The fraction of sp³-hybridized carbons (Fsp3) is 0.600. The number of rotatable bonds is 6. The van der Waals surface area contributed by atoms with Crippen LogP contribution in [0.3, 0.4) is 0 Å². The summed E-state index contributed by atoms with van der Waals surface area (Å²) in [6.07, 6.45) is 3.28. The minimum Gasteiger partial charge on any atom is -0.467 e. The van der Waals surface area contributed by atoms with Gasteiger partial charge in [-0.15, -0.1) is 0 Å². The Labute approximate surface area is 92.6 Å². The van der Waals surface area contributed by atoms with Crippen LogP contribution >= 0.6 is 15.9 Å². The minimum atomic E-state index is -0.202. The second-order valence-corrected chi connectivity index (χ2v) is 4.21. The van der Waals surface area contributed by atoms with E-state index >= 15 is 0 Å². The van der Waals surface area contributed by atoms with E-state index in [2.05, 4.69) is 21.2 Å². The first-order chi connectivity index (χ1) is 6.70. The van der Waals surface area contributed by atoms with Crippen molar-refractivity contribution in [2.45, 2.75) is 32.4 Å². The third kappa shape index (κ3) is 4.26. The van der Waals surface area contributed by atoms with Crippen molar-refractivity contribution in [3.63, 3.8) is 0 Å². The quantitative estimate of drug-likeness (QED) is 0.773. The van der Waals surface area contributed by atoms with E-state index in [4.69, 9.17) is 9.52 Å². The maximum absolute atomic E-state index is 9.03. The highest BCUT2D eigenvalue weighted by Crippen LogP contribution is 2.16. The first-order valence-corrected chi connectivity index (χ1v) is 5.60. The van der Waals surface area contributed by atoms with Crippen molar-refractivity contribution in [2.24, 2.45) is 0 Å². The normalized spacial score (nSPS) is 13.1. The van der Waals surface area contributed by atoms with Crippen molar-refractivity contribution in [1.82, 2.24) is 5.32 Å². The summed E-state index contributed by atoms with van der Waals surface area (Å²) < 4.78 is 6.23. The molecule has 0 saturated carbocycles. The van der Waals surface area contributed by atoms with Crippen LogP contribution in [0.25, 0.3) is 0 Å². The summed E-state index contributed by atoms with van der Waals surface area (Å²) in [6, 6.07) is 1.88. The Morgan fingerprint density at radius 3 is 3.00 bits per heavy atom. The van der Waals surface area contributed by atoms with Gasteiger partial charge in [-0.25, -0.2) is 0 Å². The molecule has 1 rings (SSSR count). The fourth-order valence-corrected chi connectivity index (χ4v) is 1.52. The first kappa shape index (κ1) is 11.8. The highest BCUT2D eigenvalue weighted by atomic mass is 79.9. The molecule has 0 aliphatic heterocycles. The molecule has 80 valence electrons. The lowest BCUT2D eigenvalue weighted by Gasteiger charge is -2.04. The number of aliphatic hydroxyl groups is 1. The Morgan fingerprint density at radius 1 is 1.64 bits per heavy atom. The number of nitrogens with one attached hydrogen (secondary N) is 1. The monoisotopic (exact) mass is 261 g/mol. The van der Waals surface area contributed by atoms with Crippen molar-refractivity contribution >= 4 is 15.9 Å². The van der Waals surface area contributed by atoms with Gasteiger partial charge in [-0.1, -0.05) is 0 Å². The van der Waals surface area contributed by atoms with Gasteiger partial charge in [0.15, 0.2) is 0 Å². The van der Waals surface area contributed by atoms with Gasteiger partial charge in [-0.05, 0) is 48.3 Å². The lowest BCUT2D eigenvalue weighted by molar-refractivity contribution is 0.181. The van der Waals surface area contributed by atoms with Crippen LogP contribution in [0.1, 0.15) is 25.5 Å². The summed E-state index contributed by atoms with van der Waals surface area (Å²) in [5, 5.41) is 12.3. The third-order valence-electron chi connectivity index (χ3n) is 1.95. The number of hydrogen-bond donors (Lipinski definition) is 2. The summed E-state index contributed by atoms with van der Waals surface area (Å²) in [7, 11) is 0. The molecule has 1 unspecified atom stereocenters. The zero-order valence-corrected chi connectivity index (χ0v) is 9.88. The molecule has 0 saturated heterocycles. The molecule has 0 aliphatic rings. The fourth-order valence-electron chi connectivity index (χ4n) is 1.18. The molecule has 4 heteroatoms. The van der Waals surface area contributed by atoms with Gasteiger partial charge >= 0.3 is 0 Å². The lowest BCUT2D eigenvalue weighted by Crippen LogP contribution is -2.16. The van der Waals surface area contributed by atoms with Gasteiger partial charge in [0.05, 0.1) is 23.4 Å². The first-order valence-electron chi connectivity index (χ1n) is 4.81. The predicted octanol–water partition coefficient (Wildman–Crippen LogP) is 2.29. The van der Waals surface area contributed by atoms with Gasteiger partial charge < -0.3 is 14.8 Å². The lowest BCUT2D eigenvalue weighted by atomic mass is 10.2. The van der Waals surface area contributed by atoms with Crippen LogP contribution in [0.4, 0.5) is 0 Å². The molecule has 1 atom stereocenters. The molecule has 0 spiro atoms. The van der Waals surface area contributed by atoms with Crippen LogP contribution in [0.2, 0.25) is 0 Å². The van der Waals surface area contributed by atoms with Gasteiger partial charge in [0.1, 0.15) is 5.76 Å². The maximum Gasteiger partial charge on any atom is 0.131 e. The molecule has 0 radical (unpaired) electrons. The van der Waals surface area contributed by atoms with E-state index in [0.717, 1.165) is 36.2 Å². The molecule has 0 amide bonds. The average Bonchev–Trinajstić information content (AvgIpc) is 2.51. The highest BCUT2D eigenvalue weighted by Gasteiger charge is 2.01. The number of hydrogen-bond acceptors (Lipinski definition) is 3. The summed E-state index contributed by atoms with van der Waals surface area (Å²) in [5.41, 5.74) is 0. The zero-order valence-electron chi connectivity index (χ0n) is 8.29. The molecule has 3 nitrogen and oxygen atoms in total. The van der Waals surface area contributed by atoms with Crippen molar-refractivity contribution in [3.8, 4) is 0 Å². The van der Waals surface area contributed by atoms with E-state index in [1.807, 2.05) is 13.0 Å². The van der Waals surface area contributed by atoms with E-state index in [1.54, 1.807) is 6.26 Å². The molecule has 0 bridgehead atoms. The second-order valence-electron chi connectivity index (χ2n) is 3.36. The van der Waals surface area contributed by atoms with Crippen LogP contribution in [0.15, 0.2) is 21.2 Å². The Hall–Kier alpha value is -0.320. The molecule has 0 fully saturated rings. The summed E-state index contributed by atoms with van der Waals surface area (Å²) in [5.74, 6) is 0.919. The Kier molecular flexibility index (Phi) is 5.22. The zero-order chi connectivity index (χ0) is 10.4. The summed E-state index contributed by atoms with van der Waals surface area (Å²) in [4.78, 5) is 0. The Morgan fingerprint density at radius 2 is 2.43 bits per heavy atom. The highest BCUT2D eigenvalue weighted by molar-refractivity contribution is 9.10. The average molecular weight is 262 g/mol. The second kappa shape index (κ2) is 6.22.